The second kappa shape index (κ2) is 83.1. The molecule has 0 amide bonds. The third kappa shape index (κ3) is 85.8. The molecule has 19 heteroatoms. The summed E-state index contributed by atoms with van der Waals surface area (Å²) in [5.41, 5.74) is 0. The zero-order valence-corrected chi connectivity index (χ0v) is 75.1. The van der Waals surface area contributed by atoms with E-state index in [0.717, 1.165) is 102 Å². The van der Waals surface area contributed by atoms with Gasteiger partial charge in [-0.05, 0) is 37.5 Å². The van der Waals surface area contributed by atoms with Gasteiger partial charge in [0.2, 0.25) is 0 Å². The molecule has 111 heavy (non-hydrogen) atoms. The number of hydrogen-bond donors (Lipinski definition) is 3. The number of carbonyl (C=O) groups excluding carboxylic acids is 4. The Labute approximate surface area is 683 Å². The predicted octanol–water partition coefficient (Wildman–Crippen LogP) is 28.6. The van der Waals surface area contributed by atoms with Gasteiger partial charge in [-0.2, -0.15) is 0 Å². The number of phosphoric acid groups is 2. The molecule has 660 valence electrons. The van der Waals surface area contributed by atoms with E-state index in [1.807, 2.05) is 0 Å². The number of rotatable bonds is 91. The fraction of sp³-hybridized carbons (Fsp3) is 0.957. The van der Waals surface area contributed by atoms with Crippen molar-refractivity contribution in [3.63, 3.8) is 0 Å². The maximum Gasteiger partial charge on any atom is 0.472 e. The van der Waals surface area contributed by atoms with Crippen LogP contribution in [0.15, 0.2) is 0 Å². The van der Waals surface area contributed by atoms with Crippen LogP contribution in [0.5, 0.6) is 0 Å². The van der Waals surface area contributed by atoms with Crippen molar-refractivity contribution in [2.24, 2.45) is 11.8 Å². The molecule has 0 fully saturated rings. The molecule has 0 spiro atoms. The summed E-state index contributed by atoms with van der Waals surface area (Å²) < 4.78 is 69.1. The molecule has 0 aliphatic carbocycles. The van der Waals surface area contributed by atoms with Crippen LogP contribution in [0.3, 0.4) is 0 Å². The number of aliphatic hydroxyl groups excluding tert-OH is 1. The minimum Gasteiger partial charge on any atom is -0.462 e. The molecule has 0 radical (unpaired) electrons. The van der Waals surface area contributed by atoms with Crippen molar-refractivity contribution in [1.29, 1.82) is 0 Å². The number of phosphoric ester groups is 2. The lowest BCUT2D eigenvalue weighted by Crippen LogP contribution is -2.30. The van der Waals surface area contributed by atoms with Crippen molar-refractivity contribution in [3.05, 3.63) is 0 Å². The Morgan fingerprint density at radius 1 is 0.243 bits per heavy atom. The highest BCUT2D eigenvalue weighted by molar-refractivity contribution is 7.47. The van der Waals surface area contributed by atoms with E-state index in [9.17, 15) is 43.2 Å². The molecule has 3 N–H and O–H groups in total. The van der Waals surface area contributed by atoms with Crippen LogP contribution in [0.4, 0.5) is 0 Å². The number of esters is 4. The number of unbranched alkanes of at least 4 members (excludes halogenated alkanes) is 61. The summed E-state index contributed by atoms with van der Waals surface area (Å²) in [5, 5.41) is 10.7. The fourth-order valence-corrected chi connectivity index (χ4v) is 16.1. The summed E-state index contributed by atoms with van der Waals surface area (Å²) in [7, 11) is -9.94. The number of aliphatic hydroxyl groups is 1. The molecule has 0 aliphatic heterocycles. The number of carbonyl (C=O) groups is 4. The highest BCUT2D eigenvalue weighted by Crippen LogP contribution is 2.45. The monoisotopic (exact) mass is 1620 g/mol. The minimum absolute atomic E-state index is 0.109. The topological polar surface area (TPSA) is 237 Å². The number of hydrogen-bond acceptors (Lipinski definition) is 15. The largest absolute Gasteiger partial charge is 0.472 e. The Morgan fingerprint density at radius 3 is 0.613 bits per heavy atom. The maximum atomic E-state index is 13.2. The van der Waals surface area contributed by atoms with Gasteiger partial charge < -0.3 is 33.8 Å². The van der Waals surface area contributed by atoms with Crippen LogP contribution < -0.4 is 0 Å². The van der Waals surface area contributed by atoms with Gasteiger partial charge in [-0.3, -0.25) is 37.3 Å². The first kappa shape index (κ1) is 109. The Bertz CT molecular complexity index is 2120. The highest BCUT2D eigenvalue weighted by Gasteiger charge is 2.31. The van der Waals surface area contributed by atoms with Crippen molar-refractivity contribution >= 4 is 39.5 Å². The lowest BCUT2D eigenvalue weighted by Gasteiger charge is -2.21. The van der Waals surface area contributed by atoms with Crippen LogP contribution in [-0.2, 0) is 65.4 Å². The second-order valence-corrected chi connectivity index (χ2v) is 36.9. The van der Waals surface area contributed by atoms with Crippen molar-refractivity contribution in [2.75, 3.05) is 39.6 Å². The van der Waals surface area contributed by atoms with Gasteiger partial charge in [0, 0.05) is 25.7 Å². The molecule has 2 unspecified atom stereocenters. The van der Waals surface area contributed by atoms with Crippen molar-refractivity contribution in [2.45, 2.75) is 516 Å². The minimum atomic E-state index is -4.97. The van der Waals surface area contributed by atoms with E-state index in [-0.39, 0.29) is 25.7 Å². The van der Waals surface area contributed by atoms with E-state index in [1.165, 1.54) is 315 Å². The average Bonchev–Trinajstić information content (AvgIpc) is 0.899. The SMILES string of the molecule is CCCCCCCCCCCCCCCCCCCCCC(=O)OC[C@H](COP(=O)(O)OC[C@@H](O)COP(=O)(O)OC[C@@H](COC(=O)CCCCCCCCCCCCCCC)OC(=O)CCCCCCCCCCCCCCCCCC(C)C)OC(=O)CCCCCCCCCCCCCCCCCCCCC(C)C. The highest BCUT2D eigenvalue weighted by atomic mass is 31.2. The van der Waals surface area contributed by atoms with Crippen LogP contribution >= 0.6 is 15.6 Å². The first-order valence-corrected chi connectivity index (χ1v) is 50.5. The van der Waals surface area contributed by atoms with Crippen molar-refractivity contribution < 1.29 is 80.2 Å². The maximum absolute atomic E-state index is 13.2. The third-order valence-electron chi connectivity index (χ3n) is 21.7. The molecule has 0 aliphatic rings. The Morgan fingerprint density at radius 2 is 0.414 bits per heavy atom. The summed E-state index contributed by atoms with van der Waals surface area (Å²) in [6.45, 7) is 9.78. The molecule has 0 saturated carbocycles. The van der Waals surface area contributed by atoms with Gasteiger partial charge in [-0.15, -0.1) is 0 Å². The molecule has 0 bridgehead atoms. The van der Waals surface area contributed by atoms with E-state index in [2.05, 4.69) is 41.5 Å². The summed E-state index contributed by atoms with van der Waals surface area (Å²) in [5.74, 6) is -0.469. The van der Waals surface area contributed by atoms with Crippen molar-refractivity contribution in [1.82, 2.24) is 0 Å². The lowest BCUT2D eigenvalue weighted by molar-refractivity contribution is -0.161. The van der Waals surface area contributed by atoms with Crippen LogP contribution in [0, 0.1) is 11.8 Å². The zero-order valence-electron chi connectivity index (χ0n) is 73.3. The zero-order chi connectivity index (χ0) is 81.3. The quantitative estimate of drug-likeness (QED) is 0.0222. The van der Waals surface area contributed by atoms with E-state index < -0.39 is 97.5 Å². The molecule has 0 saturated heterocycles. The van der Waals surface area contributed by atoms with Crippen LogP contribution in [0.25, 0.3) is 0 Å². The predicted molar refractivity (Wildman–Crippen MR) is 460 cm³/mol. The molecule has 0 heterocycles. The van der Waals surface area contributed by atoms with E-state index in [1.54, 1.807) is 0 Å². The lowest BCUT2D eigenvalue weighted by atomic mass is 10.0. The summed E-state index contributed by atoms with van der Waals surface area (Å²) >= 11 is 0. The molecule has 17 nitrogen and oxygen atoms in total. The van der Waals surface area contributed by atoms with Gasteiger partial charge in [-0.1, -0.05) is 446 Å². The van der Waals surface area contributed by atoms with E-state index in [0.29, 0.717) is 25.7 Å². The average molecular weight is 1620 g/mol. The standard InChI is InChI=1S/C92H180O17P2/c1-7-9-11-13-15-17-19-21-22-23-24-28-33-39-45-51-57-63-69-75-90(95)103-81-88(109-91(96)76-70-64-58-52-46-40-34-29-26-25-27-31-37-42-48-54-60-66-72-84(3)4)83-107-111(100,101)105-79-86(93)78-104-110(98,99)106-82-87(80-102-89(94)74-68-62-56-50-44-36-20-18-16-14-12-10-8-2)108-92(97)77-71-65-59-53-47-41-35-30-32-38-43-49-55-61-67-73-85(5)6/h84-88,93H,7-83H2,1-6H3,(H,98,99)(H,100,101)/t86-,87+,88+/m0/s1. The first-order valence-electron chi connectivity index (χ1n) is 47.5. The molecular formula is C92H180O17P2. The molecular weight excluding hydrogens is 1440 g/mol. The fourth-order valence-electron chi connectivity index (χ4n) is 14.5. The molecule has 0 aromatic heterocycles. The van der Waals surface area contributed by atoms with Crippen LogP contribution in [0.2, 0.25) is 0 Å². The van der Waals surface area contributed by atoms with Gasteiger partial charge in [0.15, 0.2) is 12.2 Å². The van der Waals surface area contributed by atoms with E-state index >= 15 is 0 Å². The van der Waals surface area contributed by atoms with Gasteiger partial charge in [0.1, 0.15) is 19.3 Å². The smallest absolute Gasteiger partial charge is 0.462 e. The summed E-state index contributed by atoms with van der Waals surface area (Å²) in [6.07, 6.45) is 77.7. The Kier molecular flexibility index (Phi) is 81.7. The molecule has 0 rings (SSSR count). The van der Waals surface area contributed by atoms with Gasteiger partial charge in [-0.25, -0.2) is 9.13 Å². The summed E-state index contributed by atoms with van der Waals surface area (Å²) in [4.78, 5) is 73.5. The first-order chi connectivity index (χ1) is 53.9. The van der Waals surface area contributed by atoms with Crippen molar-refractivity contribution in [3.8, 4) is 0 Å². The van der Waals surface area contributed by atoms with Gasteiger partial charge >= 0.3 is 39.5 Å². The molecule has 5 atom stereocenters. The van der Waals surface area contributed by atoms with Gasteiger partial charge in [0.05, 0.1) is 26.4 Å². The molecule has 0 aromatic carbocycles. The van der Waals surface area contributed by atoms with Crippen LogP contribution in [0.1, 0.15) is 497 Å². The van der Waals surface area contributed by atoms with Gasteiger partial charge in [0.25, 0.3) is 0 Å². The Balaban J connectivity index is 5.26. The summed E-state index contributed by atoms with van der Waals surface area (Å²) in [6, 6.07) is 0. The Hall–Kier alpha value is -1.94. The third-order valence-corrected chi connectivity index (χ3v) is 23.6. The molecule has 0 aromatic rings. The normalized spacial score (nSPS) is 13.7. The van der Waals surface area contributed by atoms with Crippen LogP contribution in [-0.4, -0.2) is 96.7 Å². The number of ether oxygens (including phenoxy) is 4. The second-order valence-electron chi connectivity index (χ2n) is 34.0. The van der Waals surface area contributed by atoms with E-state index in [4.69, 9.17) is 37.0 Å².